The largest absolute Gasteiger partial charge is 0.495 e. The fourth-order valence-corrected chi connectivity index (χ4v) is 2.16. The Hall–Kier alpha value is -1.49. The maximum absolute atomic E-state index is 14.1. The lowest BCUT2D eigenvalue weighted by molar-refractivity contribution is 0.0846. The molecule has 0 aromatic heterocycles. The number of anilines is 2. The smallest absolute Gasteiger partial charge is 0.151 e. The first-order valence-electron chi connectivity index (χ1n) is 5.64. The number of nitrogens with two attached hydrogens (primary N) is 2. The zero-order chi connectivity index (χ0) is 12.4. The second kappa shape index (κ2) is 4.79. The molecule has 0 saturated carbocycles. The van der Waals surface area contributed by atoms with Gasteiger partial charge in [-0.1, -0.05) is 0 Å². The van der Waals surface area contributed by atoms with E-state index in [1.54, 1.807) is 6.07 Å². The Morgan fingerprint density at radius 3 is 2.53 bits per heavy atom. The monoisotopic (exact) mass is 240 g/mol. The van der Waals surface area contributed by atoms with E-state index in [-0.39, 0.29) is 17.3 Å². The Labute approximate surface area is 99.7 Å². The van der Waals surface area contributed by atoms with Crippen molar-refractivity contribution in [2.75, 3.05) is 31.8 Å². The molecule has 2 rings (SSSR count). The molecular weight excluding hydrogens is 223 g/mol. The normalized spacial score (nSPS) is 17.1. The van der Waals surface area contributed by atoms with E-state index in [0.29, 0.717) is 24.5 Å². The number of hydrogen-bond donors (Lipinski definition) is 2. The van der Waals surface area contributed by atoms with Crippen LogP contribution in [0.5, 0.6) is 5.75 Å². The number of ether oxygens (including phenoxy) is 2. The quantitative estimate of drug-likeness (QED) is 0.774. The van der Waals surface area contributed by atoms with E-state index in [1.807, 2.05) is 0 Å². The lowest BCUT2D eigenvalue weighted by Gasteiger charge is -2.24. The van der Waals surface area contributed by atoms with Crippen LogP contribution in [0.15, 0.2) is 6.07 Å². The molecule has 1 aliphatic heterocycles. The van der Waals surface area contributed by atoms with Crippen molar-refractivity contribution in [1.29, 1.82) is 0 Å². The van der Waals surface area contributed by atoms with Crippen molar-refractivity contribution in [1.82, 2.24) is 0 Å². The summed E-state index contributed by atoms with van der Waals surface area (Å²) >= 11 is 0. The minimum Gasteiger partial charge on any atom is -0.495 e. The molecular formula is C12H17FN2O2. The molecule has 0 spiro atoms. The van der Waals surface area contributed by atoms with Gasteiger partial charge >= 0.3 is 0 Å². The molecule has 1 aliphatic rings. The molecule has 94 valence electrons. The summed E-state index contributed by atoms with van der Waals surface area (Å²) in [5.74, 6) is 0.140. The molecule has 17 heavy (non-hydrogen) atoms. The number of hydrogen-bond acceptors (Lipinski definition) is 4. The maximum Gasteiger partial charge on any atom is 0.151 e. The van der Waals surface area contributed by atoms with Crippen molar-refractivity contribution in [2.45, 2.75) is 18.8 Å². The molecule has 1 heterocycles. The lowest BCUT2D eigenvalue weighted by Crippen LogP contribution is -2.16. The Bertz CT molecular complexity index is 417. The second-order valence-corrected chi connectivity index (χ2v) is 4.20. The average Bonchev–Trinajstić information content (AvgIpc) is 2.37. The van der Waals surface area contributed by atoms with Gasteiger partial charge in [-0.25, -0.2) is 4.39 Å². The number of rotatable bonds is 2. The summed E-state index contributed by atoms with van der Waals surface area (Å²) in [6, 6.07) is 1.65. The molecule has 5 heteroatoms. The first kappa shape index (κ1) is 12.0. The predicted octanol–water partition coefficient (Wildman–Crippen LogP) is 1.89. The van der Waals surface area contributed by atoms with Gasteiger partial charge in [-0.05, 0) is 30.4 Å². The van der Waals surface area contributed by atoms with Crippen LogP contribution >= 0.6 is 0 Å². The Kier molecular flexibility index (Phi) is 3.38. The highest BCUT2D eigenvalue weighted by Gasteiger charge is 2.23. The first-order valence-corrected chi connectivity index (χ1v) is 5.64. The molecule has 4 nitrogen and oxygen atoms in total. The van der Waals surface area contributed by atoms with Gasteiger partial charge in [0.1, 0.15) is 11.4 Å². The summed E-state index contributed by atoms with van der Waals surface area (Å²) in [5.41, 5.74) is 12.1. The second-order valence-electron chi connectivity index (χ2n) is 4.20. The van der Waals surface area contributed by atoms with E-state index in [2.05, 4.69) is 0 Å². The van der Waals surface area contributed by atoms with Gasteiger partial charge in [-0.2, -0.15) is 0 Å². The topological polar surface area (TPSA) is 70.5 Å². The SMILES string of the molecule is COc1cc(C2CCOCC2)c(F)c(N)c1N. The number of methoxy groups -OCH3 is 1. The van der Waals surface area contributed by atoms with Gasteiger partial charge in [0.25, 0.3) is 0 Å². The van der Waals surface area contributed by atoms with Crippen LogP contribution in [0.1, 0.15) is 24.3 Å². The van der Waals surface area contributed by atoms with Crippen molar-refractivity contribution >= 4 is 11.4 Å². The van der Waals surface area contributed by atoms with Gasteiger partial charge in [0.2, 0.25) is 0 Å². The van der Waals surface area contributed by atoms with Gasteiger partial charge in [0.15, 0.2) is 5.82 Å². The fourth-order valence-electron chi connectivity index (χ4n) is 2.16. The van der Waals surface area contributed by atoms with E-state index < -0.39 is 5.82 Å². The van der Waals surface area contributed by atoms with Crippen LogP contribution in [-0.4, -0.2) is 20.3 Å². The van der Waals surface area contributed by atoms with Crippen LogP contribution in [-0.2, 0) is 4.74 Å². The van der Waals surface area contributed by atoms with Crippen LogP contribution in [0.25, 0.3) is 0 Å². The molecule has 0 unspecified atom stereocenters. The van der Waals surface area contributed by atoms with Crippen molar-refractivity contribution in [3.8, 4) is 5.75 Å². The van der Waals surface area contributed by atoms with Crippen LogP contribution in [0, 0.1) is 5.82 Å². The van der Waals surface area contributed by atoms with E-state index in [9.17, 15) is 4.39 Å². The van der Waals surface area contributed by atoms with Crippen LogP contribution in [0.3, 0.4) is 0 Å². The highest BCUT2D eigenvalue weighted by Crippen LogP contribution is 2.38. The Balaban J connectivity index is 2.42. The van der Waals surface area contributed by atoms with Crippen molar-refractivity contribution in [3.63, 3.8) is 0 Å². The maximum atomic E-state index is 14.1. The summed E-state index contributed by atoms with van der Waals surface area (Å²) < 4.78 is 24.4. The molecule has 0 atom stereocenters. The van der Waals surface area contributed by atoms with Crippen LogP contribution in [0.2, 0.25) is 0 Å². The van der Waals surface area contributed by atoms with Gasteiger partial charge in [0, 0.05) is 13.2 Å². The number of benzene rings is 1. The van der Waals surface area contributed by atoms with Crippen LogP contribution < -0.4 is 16.2 Å². The lowest BCUT2D eigenvalue weighted by atomic mass is 9.90. The predicted molar refractivity (Wildman–Crippen MR) is 64.6 cm³/mol. The summed E-state index contributed by atoms with van der Waals surface area (Å²) in [6.07, 6.45) is 1.59. The molecule has 0 radical (unpaired) electrons. The van der Waals surface area contributed by atoms with Crippen molar-refractivity contribution in [3.05, 3.63) is 17.4 Å². The summed E-state index contributed by atoms with van der Waals surface area (Å²) in [6.45, 7) is 1.30. The van der Waals surface area contributed by atoms with Gasteiger partial charge in [-0.15, -0.1) is 0 Å². The zero-order valence-corrected chi connectivity index (χ0v) is 9.83. The average molecular weight is 240 g/mol. The molecule has 1 aromatic carbocycles. The van der Waals surface area contributed by atoms with E-state index in [4.69, 9.17) is 20.9 Å². The minimum absolute atomic E-state index is 0.0224. The molecule has 1 saturated heterocycles. The standard InChI is InChI=1S/C12H17FN2O2/c1-16-9-6-8(7-2-4-17-5-3-7)10(13)12(15)11(9)14/h6-7H,2-5,14-15H2,1H3. The van der Waals surface area contributed by atoms with E-state index in [1.165, 1.54) is 7.11 Å². The zero-order valence-electron chi connectivity index (χ0n) is 9.83. The number of halogens is 1. The molecule has 0 bridgehead atoms. The highest BCUT2D eigenvalue weighted by atomic mass is 19.1. The molecule has 1 fully saturated rings. The van der Waals surface area contributed by atoms with Gasteiger partial charge < -0.3 is 20.9 Å². The molecule has 1 aromatic rings. The first-order chi connectivity index (χ1) is 8.15. The van der Waals surface area contributed by atoms with E-state index in [0.717, 1.165) is 12.8 Å². The summed E-state index contributed by atoms with van der Waals surface area (Å²) in [7, 11) is 1.50. The third kappa shape index (κ3) is 2.15. The third-order valence-corrected chi connectivity index (χ3v) is 3.21. The molecule has 0 aliphatic carbocycles. The molecule has 0 amide bonds. The Morgan fingerprint density at radius 1 is 1.29 bits per heavy atom. The van der Waals surface area contributed by atoms with Gasteiger partial charge in [-0.3, -0.25) is 0 Å². The van der Waals surface area contributed by atoms with Crippen molar-refractivity contribution < 1.29 is 13.9 Å². The fraction of sp³-hybridized carbons (Fsp3) is 0.500. The third-order valence-electron chi connectivity index (χ3n) is 3.21. The minimum atomic E-state index is -0.421. The highest BCUT2D eigenvalue weighted by molar-refractivity contribution is 5.73. The summed E-state index contributed by atoms with van der Waals surface area (Å²) in [4.78, 5) is 0. The molecule has 4 N–H and O–H groups in total. The van der Waals surface area contributed by atoms with E-state index >= 15 is 0 Å². The van der Waals surface area contributed by atoms with Gasteiger partial charge in [0.05, 0.1) is 12.8 Å². The Morgan fingerprint density at radius 2 is 1.94 bits per heavy atom. The number of nitrogen functional groups attached to an aromatic ring is 2. The van der Waals surface area contributed by atoms with Crippen molar-refractivity contribution in [2.24, 2.45) is 0 Å². The summed E-state index contributed by atoms with van der Waals surface area (Å²) in [5, 5.41) is 0. The van der Waals surface area contributed by atoms with Crippen LogP contribution in [0.4, 0.5) is 15.8 Å².